The minimum atomic E-state index is 0.390. The summed E-state index contributed by atoms with van der Waals surface area (Å²) >= 11 is 6.31. The molecule has 0 saturated carbocycles. The molecular weight excluding hydrogens is 236 g/mol. The highest BCUT2D eigenvalue weighted by Crippen LogP contribution is 2.16. The van der Waals surface area contributed by atoms with Gasteiger partial charge in [0.05, 0.1) is 5.75 Å². The van der Waals surface area contributed by atoms with E-state index in [0.717, 1.165) is 0 Å². The Morgan fingerprint density at radius 3 is 2.93 bits per heavy atom. The Bertz CT molecular complexity index is 509. The van der Waals surface area contributed by atoms with Crippen LogP contribution in [-0.2, 0) is 12.8 Å². The summed E-state index contributed by atoms with van der Waals surface area (Å²) in [4.78, 5) is 0. The predicted octanol–water partition coefficient (Wildman–Crippen LogP) is -0.530. The van der Waals surface area contributed by atoms with Gasteiger partial charge in [-0.25, -0.2) is 9.36 Å². The molecule has 2 rings (SSSR count). The van der Waals surface area contributed by atoms with E-state index in [9.17, 15) is 0 Å². The van der Waals surface area contributed by atoms with E-state index in [0.29, 0.717) is 21.5 Å². The molecule has 80 valence electrons. The first kappa shape index (κ1) is 10.1. The maximum absolute atomic E-state index is 5.63. The molecule has 0 atom stereocenters. The Labute approximate surface area is 93.8 Å². The van der Waals surface area contributed by atoms with Crippen molar-refractivity contribution in [2.45, 2.75) is 10.9 Å². The molecule has 0 fully saturated rings. The topological polar surface area (TPSA) is 103 Å². The molecule has 0 spiro atoms. The van der Waals surface area contributed by atoms with Crippen LogP contribution in [0.4, 0.5) is 0 Å². The monoisotopic (exact) mass is 244 g/mol. The van der Waals surface area contributed by atoms with E-state index >= 15 is 0 Å². The van der Waals surface area contributed by atoms with Crippen molar-refractivity contribution in [2.75, 3.05) is 5.84 Å². The Balaban J connectivity index is 2.09. The summed E-state index contributed by atoms with van der Waals surface area (Å²) < 4.78 is 3.29. The van der Waals surface area contributed by atoms with E-state index in [4.69, 9.17) is 18.1 Å². The molecule has 0 amide bonds. The maximum Gasteiger partial charge on any atom is 0.214 e. The minimum Gasteiger partial charge on any atom is -0.335 e. The summed E-state index contributed by atoms with van der Waals surface area (Å²) in [5.41, 5.74) is 0. The second kappa shape index (κ2) is 3.98. The van der Waals surface area contributed by atoms with Gasteiger partial charge in [-0.3, -0.25) is 5.10 Å². The molecule has 0 radical (unpaired) electrons. The number of hydrogen-bond acceptors (Lipinski definition) is 7. The van der Waals surface area contributed by atoms with Crippen LogP contribution in [0.25, 0.3) is 0 Å². The van der Waals surface area contributed by atoms with Crippen molar-refractivity contribution in [3.05, 3.63) is 10.6 Å². The number of H-pyrrole nitrogens is 1. The first-order valence-corrected chi connectivity index (χ1v) is 5.34. The van der Waals surface area contributed by atoms with Gasteiger partial charge < -0.3 is 5.84 Å². The predicted molar refractivity (Wildman–Crippen MR) is 55.9 cm³/mol. The normalized spacial score (nSPS) is 10.7. The zero-order valence-corrected chi connectivity index (χ0v) is 9.42. The summed E-state index contributed by atoms with van der Waals surface area (Å²) in [6, 6.07) is 0. The van der Waals surface area contributed by atoms with Crippen molar-refractivity contribution in [3.63, 3.8) is 0 Å². The quantitative estimate of drug-likeness (QED) is 0.425. The van der Waals surface area contributed by atoms with Gasteiger partial charge in [0.15, 0.2) is 5.82 Å². The molecule has 0 unspecified atom stereocenters. The van der Waals surface area contributed by atoms with Gasteiger partial charge in [-0.1, -0.05) is 11.8 Å². The van der Waals surface area contributed by atoms with Crippen molar-refractivity contribution in [2.24, 2.45) is 7.05 Å². The number of nitrogens with two attached hydrogens (primary N) is 1. The minimum absolute atomic E-state index is 0.390. The third kappa shape index (κ3) is 1.99. The SMILES string of the molecule is Cn1nnnc1SCc1n[nH]c(=S)n1N. The first-order valence-electron chi connectivity index (χ1n) is 3.95. The number of aromatic nitrogens is 7. The fraction of sp³-hybridized carbons (Fsp3) is 0.400. The van der Waals surface area contributed by atoms with E-state index in [1.807, 2.05) is 0 Å². The number of nitrogens with zero attached hydrogens (tertiary/aromatic N) is 6. The summed E-state index contributed by atoms with van der Waals surface area (Å²) in [7, 11) is 1.77. The van der Waals surface area contributed by atoms with Crippen molar-refractivity contribution < 1.29 is 0 Å². The van der Waals surface area contributed by atoms with Crippen LogP contribution in [0.3, 0.4) is 0 Å². The Morgan fingerprint density at radius 2 is 2.40 bits per heavy atom. The summed E-state index contributed by atoms with van der Waals surface area (Å²) in [6.07, 6.45) is 0. The standard InChI is InChI=1S/C5H8N8S2/c1-12-5(9-10-11-12)15-2-3-7-8-4(14)13(3)6/h2,6H2,1H3,(H,8,14). The van der Waals surface area contributed by atoms with Gasteiger partial charge in [0.25, 0.3) is 0 Å². The second-order valence-corrected chi connectivity index (χ2v) is 4.02. The lowest BCUT2D eigenvalue weighted by Crippen LogP contribution is -2.12. The van der Waals surface area contributed by atoms with Crippen molar-refractivity contribution in [1.82, 2.24) is 35.1 Å². The van der Waals surface area contributed by atoms with Gasteiger partial charge in [0.1, 0.15) is 0 Å². The van der Waals surface area contributed by atoms with E-state index in [2.05, 4.69) is 25.7 Å². The average Bonchev–Trinajstić information content (AvgIpc) is 2.74. The van der Waals surface area contributed by atoms with Gasteiger partial charge >= 0.3 is 0 Å². The maximum atomic E-state index is 5.63. The van der Waals surface area contributed by atoms with Crippen LogP contribution in [0.15, 0.2) is 5.16 Å². The largest absolute Gasteiger partial charge is 0.335 e. The number of hydrogen-bond donors (Lipinski definition) is 2. The molecule has 2 aromatic rings. The number of tetrazole rings is 1. The smallest absolute Gasteiger partial charge is 0.214 e. The van der Waals surface area contributed by atoms with Crippen LogP contribution in [-0.4, -0.2) is 35.1 Å². The number of thioether (sulfide) groups is 1. The molecule has 0 aromatic carbocycles. The third-order valence-electron chi connectivity index (χ3n) is 1.69. The van der Waals surface area contributed by atoms with Gasteiger partial charge in [-0.2, -0.15) is 5.10 Å². The first-order chi connectivity index (χ1) is 7.18. The highest BCUT2D eigenvalue weighted by Gasteiger charge is 2.07. The van der Waals surface area contributed by atoms with Crippen molar-refractivity contribution >= 4 is 24.0 Å². The molecule has 0 bridgehead atoms. The van der Waals surface area contributed by atoms with Crippen LogP contribution >= 0.6 is 24.0 Å². The van der Waals surface area contributed by atoms with E-state index in [1.165, 1.54) is 16.4 Å². The van der Waals surface area contributed by atoms with Crippen LogP contribution in [0.2, 0.25) is 0 Å². The van der Waals surface area contributed by atoms with Crippen LogP contribution in [0.5, 0.6) is 0 Å². The molecule has 0 saturated heterocycles. The molecule has 8 nitrogen and oxygen atoms in total. The Hall–Kier alpha value is -1.42. The zero-order chi connectivity index (χ0) is 10.8. The summed E-state index contributed by atoms with van der Waals surface area (Å²) in [5.74, 6) is 6.83. The highest BCUT2D eigenvalue weighted by molar-refractivity contribution is 7.98. The van der Waals surface area contributed by atoms with Crippen molar-refractivity contribution in [3.8, 4) is 0 Å². The van der Waals surface area contributed by atoms with Crippen LogP contribution < -0.4 is 5.84 Å². The second-order valence-electron chi connectivity index (χ2n) is 2.69. The molecule has 3 N–H and O–H groups in total. The molecule has 2 heterocycles. The number of aromatic amines is 1. The van der Waals surface area contributed by atoms with Gasteiger partial charge in [0.2, 0.25) is 9.93 Å². The Morgan fingerprint density at radius 1 is 1.60 bits per heavy atom. The fourth-order valence-corrected chi connectivity index (χ4v) is 1.84. The molecule has 10 heteroatoms. The molecule has 0 aliphatic heterocycles. The number of aryl methyl sites for hydroxylation is 1. The molecule has 0 aliphatic rings. The van der Waals surface area contributed by atoms with Gasteiger partial charge in [-0.15, -0.1) is 5.10 Å². The van der Waals surface area contributed by atoms with E-state index in [1.54, 1.807) is 11.7 Å². The molecule has 15 heavy (non-hydrogen) atoms. The lowest BCUT2D eigenvalue weighted by molar-refractivity contribution is 0.664. The van der Waals surface area contributed by atoms with Crippen LogP contribution in [0, 0.1) is 4.77 Å². The van der Waals surface area contributed by atoms with Crippen LogP contribution in [0.1, 0.15) is 5.82 Å². The highest BCUT2D eigenvalue weighted by atomic mass is 32.2. The van der Waals surface area contributed by atoms with E-state index in [-0.39, 0.29) is 0 Å². The number of nitrogen functional groups attached to an aromatic ring is 1. The lowest BCUT2D eigenvalue weighted by atomic mass is 10.7. The lowest BCUT2D eigenvalue weighted by Gasteiger charge is -1.98. The van der Waals surface area contributed by atoms with Gasteiger partial charge in [0, 0.05) is 7.05 Å². The molecular formula is C5H8N8S2. The molecule has 0 aliphatic carbocycles. The third-order valence-corrected chi connectivity index (χ3v) is 2.98. The Kier molecular flexibility index (Phi) is 2.68. The van der Waals surface area contributed by atoms with Crippen molar-refractivity contribution in [1.29, 1.82) is 0 Å². The summed E-state index contributed by atoms with van der Waals surface area (Å²) in [5, 5.41) is 18.3. The number of nitrogens with one attached hydrogen (secondary N) is 1. The van der Waals surface area contributed by atoms with Gasteiger partial charge in [-0.05, 0) is 22.6 Å². The fourth-order valence-electron chi connectivity index (χ4n) is 0.912. The zero-order valence-electron chi connectivity index (χ0n) is 7.78. The average molecular weight is 244 g/mol. The molecule has 2 aromatic heterocycles. The van der Waals surface area contributed by atoms with E-state index < -0.39 is 0 Å². The number of rotatable bonds is 3. The summed E-state index contributed by atoms with van der Waals surface area (Å²) in [6.45, 7) is 0.